The van der Waals surface area contributed by atoms with Crippen molar-refractivity contribution < 1.29 is 23.5 Å². The molecule has 1 saturated heterocycles. The number of amides is 2. The first-order valence-corrected chi connectivity index (χ1v) is 13.1. The Morgan fingerprint density at radius 2 is 1.95 bits per heavy atom. The number of ether oxygens (including phenoxy) is 2. The van der Waals surface area contributed by atoms with E-state index in [0.717, 1.165) is 5.56 Å². The van der Waals surface area contributed by atoms with Gasteiger partial charge in [0.15, 0.2) is 11.2 Å². The molecule has 38 heavy (non-hydrogen) atoms. The van der Waals surface area contributed by atoms with E-state index >= 15 is 0 Å². The van der Waals surface area contributed by atoms with E-state index in [9.17, 15) is 9.59 Å². The Labute approximate surface area is 223 Å². The zero-order valence-electron chi connectivity index (χ0n) is 21.2. The fourth-order valence-electron chi connectivity index (χ4n) is 3.95. The van der Waals surface area contributed by atoms with Crippen LogP contribution in [0.4, 0.5) is 5.13 Å². The van der Waals surface area contributed by atoms with Crippen molar-refractivity contribution in [2.75, 3.05) is 18.9 Å². The van der Waals surface area contributed by atoms with Crippen molar-refractivity contribution in [3.05, 3.63) is 65.5 Å². The fraction of sp³-hybridized carbons (Fsp3) is 0.296. The van der Waals surface area contributed by atoms with Crippen LogP contribution >= 0.6 is 11.3 Å². The minimum atomic E-state index is -0.612. The molecular weight excluding hydrogens is 506 g/mol. The van der Waals surface area contributed by atoms with Gasteiger partial charge in [0.25, 0.3) is 11.8 Å². The van der Waals surface area contributed by atoms with Crippen LogP contribution in [0.1, 0.15) is 36.5 Å². The van der Waals surface area contributed by atoms with Crippen LogP contribution < -0.4 is 14.8 Å². The van der Waals surface area contributed by atoms with E-state index in [2.05, 4.69) is 34.3 Å². The Morgan fingerprint density at radius 3 is 2.63 bits per heavy atom. The van der Waals surface area contributed by atoms with Gasteiger partial charge >= 0.3 is 0 Å². The zero-order chi connectivity index (χ0) is 26.6. The van der Waals surface area contributed by atoms with Crippen molar-refractivity contribution in [3.8, 4) is 28.7 Å². The molecule has 1 atom stereocenters. The van der Waals surface area contributed by atoms with Gasteiger partial charge in [-0.15, -0.1) is 21.5 Å². The van der Waals surface area contributed by atoms with Crippen LogP contribution in [0.15, 0.2) is 58.5 Å². The monoisotopic (exact) mass is 533 g/mol. The first-order chi connectivity index (χ1) is 18.3. The molecule has 0 bridgehead atoms. The fourth-order valence-corrected chi connectivity index (χ4v) is 4.48. The van der Waals surface area contributed by atoms with Gasteiger partial charge < -0.3 is 18.8 Å². The summed E-state index contributed by atoms with van der Waals surface area (Å²) in [6.45, 7) is 4.80. The largest absolute Gasteiger partial charge is 0.480 e. The molecule has 0 saturated carbocycles. The van der Waals surface area contributed by atoms with Gasteiger partial charge in [-0.1, -0.05) is 13.8 Å². The van der Waals surface area contributed by atoms with Crippen LogP contribution in [0, 0.1) is 5.92 Å². The van der Waals surface area contributed by atoms with Gasteiger partial charge in [-0.2, -0.15) is 0 Å². The third-order valence-corrected chi connectivity index (χ3v) is 6.53. The van der Waals surface area contributed by atoms with Crippen molar-refractivity contribution in [3.63, 3.8) is 0 Å². The van der Waals surface area contributed by atoms with Crippen molar-refractivity contribution in [1.82, 2.24) is 20.1 Å². The number of benzene rings is 2. The molecule has 1 aliphatic heterocycles. The topological polar surface area (TPSA) is 120 Å². The number of thiazole rings is 1. The molecule has 10 nitrogen and oxygen atoms in total. The van der Waals surface area contributed by atoms with Gasteiger partial charge in [0.05, 0.1) is 0 Å². The smallest absolute Gasteiger partial charge is 0.263 e. The second-order valence-corrected chi connectivity index (χ2v) is 10.3. The van der Waals surface area contributed by atoms with E-state index in [4.69, 9.17) is 13.9 Å². The Morgan fingerprint density at radius 1 is 1.16 bits per heavy atom. The van der Waals surface area contributed by atoms with E-state index in [1.165, 1.54) is 11.3 Å². The van der Waals surface area contributed by atoms with Crippen LogP contribution in [0.25, 0.3) is 11.5 Å². The molecule has 0 spiro atoms. The van der Waals surface area contributed by atoms with Crippen LogP contribution in [0.5, 0.6) is 17.2 Å². The number of rotatable bonds is 9. The van der Waals surface area contributed by atoms with Gasteiger partial charge in [0, 0.05) is 55.2 Å². The third kappa shape index (κ3) is 6.00. The number of likely N-dealkylation sites (N-methyl/N-ethyl adjacent to an activating group) is 1. The minimum Gasteiger partial charge on any atom is -0.480 e. The van der Waals surface area contributed by atoms with Crippen LogP contribution in [-0.4, -0.2) is 51.6 Å². The van der Waals surface area contributed by atoms with Crippen molar-refractivity contribution in [2.45, 2.75) is 32.8 Å². The molecule has 2 aromatic carbocycles. The Kier molecular flexibility index (Phi) is 7.36. The third-order valence-electron chi connectivity index (χ3n) is 5.84. The summed E-state index contributed by atoms with van der Waals surface area (Å²) < 4.78 is 17.8. The van der Waals surface area contributed by atoms with Crippen LogP contribution in [0.3, 0.4) is 0 Å². The van der Waals surface area contributed by atoms with E-state index in [1.807, 2.05) is 12.1 Å². The number of hydrogen-bond donors (Lipinski definition) is 1. The summed E-state index contributed by atoms with van der Waals surface area (Å²) in [5.41, 5.74) is 1.08. The highest BCUT2D eigenvalue weighted by atomic mass is 32.1. The van der Waals surface area contributed by atoms with Gasteiger partial charge in [-0.3, -0.25) is 14.9 Å². The first-order valence-electron chi connectivity index (χ1n) is 12.2. The molecule has 1 N–H and O–H groups in total. The van der Waals surface area contributed by atoms with Crippen LogP contribution in [-0.2, 0) is 11.2 Å². The lowest BCUT2D eigenvalue weighted by Crippen LogP contribution is -2.29. The van der Waals surface area contributed by atoms with Gasteiger partial charge in [-0.05, 0) is 42.3 Å². The summed E-state index contributed by atoms with van der Waals surface area (Å²) in [7, 11) is 1.74. The standard InChI is InChI=1S/C27H27N5O5S/c1-16(2)12-23-30-31-25(37-23)17-4-6-19(7-5-17)35-20-13-18(24(33)29-27-28-9-11-38-27)14-21(15-20)36-22-8-10-32(3)26(22)34/h4-7,9,11,13-16,22H,8,10,12H2,1-3H3,(H,28,29,33). The van der Waals surface area contributed by atoms with E-state index in [0.29, 0.717) is 65.0 Å². The van der Waals surface area contributed by atoms with Crippen molar-refractivity contribution in [2.24, 2.45) is 5.92 Å². The number of carbonyl (C=O) groups is 2. The molecule has 196 valence electrons. The molecule has 0 radical (unpaired) electrons. The summed E-state index contributed by atoms with van der Waals surface area (Å²) in [6.07, 6.45) is 2.28. The quantitative estimate of drug-likeness (QED) is 0.318. The summed E-state index contributed by atoms with van der Waals surface area (Å²) >= 11 is 1.31. The highest BCUT2D eigenvalue weighted by Gasteiger charge is 2.31. The lowest BCUT2D eigenvalue weighted by molar-refractivity contribution is -0.132. The summed E-state index contributed by atoms with van der Waals surface area (Å²) in [4.78, 5) is 31.0. The first kappa shape index (κ1) is 25.4. The van der Waals surface area contributed by atoms with E-state index < -0.39 is 6.10 Å². The van der Waals surface area contributed by atoms with Gasteiger partial charge in [0.2, 0.25) is 11.8 Å². The molecule has 2 amide bonds. The summed E-state index contributed by atoms with van der Waals surface area (Å²) in [6, 6.07) is 12.1. The molecular formula is C27H27N5O5S. The van der Waals surface area contributed by atoms with Gasteiger partial charge in [0.1, 0.15) is 17.2 Å². The van der Waals surface area contributed by atoms with Gasteiger partial charge in [-0.25, -0.2) is 4.98 Å². The summed E-state index contributed by atoms with van der Waals surface area (Å²) in [5.74, 6) is 2.27. The molecule has 11 heteroatoms. The number of aromatic nitrogens is 3. The highest BCUT2D eigenvalue weighted by molar-refractivity contribution is 7.13. The highest BCUT2D eigenvalue weighted by Crippen LogP contribution is 2.31. The normalized spacial score (nSPS) is 15.2. The molecule has 3 heterocycles. The average molecular weight is 534 g/mol. The summed E-state index contributed by atoms with van der Waals surface area (Å²) in [5, 5.41) is 13.3. The molecule has 1 fully saturated rings. The van der Waals surface area contributed by atoms with Crippen molar-refractivity contribution >= 4 is 28.3 Å². The van der Waals surface area contributed by atoms with E-state index in [1.54, 1.807) is 53.9 Å². The molecule has 0 aliphatic carbocycles. The molecule has 4 aromatic rings. The number of likely N-dealkylation sites (tertiary alicyclic amines) is 1. The SMILES string of the molecule is CC(C)Cc1nnc(-c2ccc(Oc3cc(OC4CCN(C)C4=O)cc(C(=O)Nc4nccs4)c3)cc2)o1. The Balaban J connectivity index is 1.36. The maximum atomic E-state index is 12.9. The second-order valence-electron chi connectivity index (χ2n) is 9.36. The Hall–Kier alpha value is -4.25. The predicted molar refractivity (Wildman–Crippen MR) is 142 cm³/mol. The number of carbonyl (C=O) groups excluding carboxylic acids is 2. The van der Waals surface area contributed by atoms with E-state index in [-0.39, 0.29) is 11.8 Å². The maximum Gasteiger partial charge on any atom is 0.263 e. The maximum absolute atomic E-state index is 12.9. The molecule has 2 aromatic heterocycles. The number of anilines is 1. The second kappa shape index (κ2) is 11.0. The molecule has 1 unspecified atom stereocenters. The number of nitrogens with zero attached hydrogens (tertiary/aromatic N) is 4. The lowest BCUT2D eigenvalue weighted by Gasteiger charge is -2.15. The van der Waals surface area contributed by atoms with Crippen LogP contribution in [0.2, 0.25) is 0 Å². The predicted octanol–water partition coefficient (Wildman–Crippen LogP) is 5.05. The molecule has 1 aliphatic rings. The molecule has 5 rings (SSSR count). The lowest BCUT2D eigenvalue weighted by atomic mass is 10.1. The number of nitrogens with one attached hydrogen (secondary N) is 1. The zero-order valence-corrected chi connectivity index (χ0v) is 22.0. The number of hydrogen-bond acceptors (Lipinski definition) is 9. The average Bonchev–Trinajstić information content (AvgIpc) is 3.64. The minimum absolute atomic E-state index is 0.0988. The Bertz CT molecular complexity index is 1420. The van der Waals surface area contributed by atoms with Crippen molar-refractivity contribution in [1.29, 1.82) is 0 Å².